The third-order valence-electron chi connectivity index (χ3n) is 11.2. The molecule has 3 aliphatic carbocycles. The first-order valence-electron chi connectivity index (χ1n) is 13.8. The van der Waals surface area contributed by atoms with Gasteiger partial charge in [-0.15, -0.1) is 0 Å². The van der Waals surface area contributed by atoms with Crippen molar-refractivity contribution < 1.29 is 24.5 Å². The van der Waals surface area contributed by atoms with Crippen LogP contribution in [0.25, 0.3) is 0 Å². The molecule has 2 N–H and O–H groups in total. The average Bonchev–Trinajstić information content (AvgIpc) is 2.96. The van der Waals surface area contributed by atoms with Gasteiger partial charge in [0, 0.05) is 12.8 Å². The Balaban J connectivity index is 1.63. The van der Waals surface area contributed by atoms with Gasteiger partial charge in [-0.05, 0) is 113 Å². The molecule has 1 aliphatic heterocycles. The van der Waals surface area contributed by atoms with Gasteiger partial charge in [0.2, 0.25) is 0 Å². The maximum Gasteiger partial charge on any atom is 0.164 e. The normalized spacial score (nSPS) is 47.6. The molecular formula is C30H48O5. The zero-order chi connectivity index (χ0) is 26.2. The molecule has 0 spiro atoms. The molecule has 0 bridgehead atoms. The number of carbonyl (C=O) groups is 2. The number of ketones is 2. The molecule has 0 aromatic heterocycles. The summed E-state index contributed by atoms with van der Waals surface area (Å²) in [5.41, 5.74) is -2.26. The van der Waals surface area contributed by atoms with Crippen LogP contribution in [-0.2, 0) is 14.3 Å². The lowest BCUT2D eigenvalue weighted by atomic mass is 9.55. The lowest BCUT2D eigenvalue weighted by Gasteiger charge is -2.54. The highest BCUT2D eigenvalue weighted by atomic mass is 16.5. The lowest BCUT2D eigenvalue weighted by Crippen LogP contribution is -2.56. The van der Waals surface area contributed by atoms with E-state index in [2.05, 4.69) is 27.4 Å². The van der Waals surface area contributed by atoms with Gasteiger partial charge in [0.15, 0.2) is 11.6 Å². The van der Waals surface area contributed by atoms with Crippen molar-refractivity contribution in [2.24, 2.45) is 34.5 Å². The summed E-state index contributed by atoms with van der Waals surface area (Å²) in [6, 6.07) is 0. The van der Waals surface area contributed by atoms with Gasteiger partial charge in [0.1, 0.15) is 5.60 Å². The molecule has 35 heavy (non-hydrogen) atoms. The number of Topliss-reactive ketones (excluding diaryl/α,β-unsaturated/α-hetero) is 2. The summed E-state index contributed by atoms with van der Waals surface area (Å²) in [4.78, 5) is 26.0. The van der Waals surface area contributed by atoms with Crippen LogP contribution >= 0.6 is 0 Å². The second kappa shape index (κ2) is 8.49. The standard InChI is InChI=1S/C30H48O5/c1-18-19(26(2,3)20-11-15-29(7,33)21(20)17-22(18)31)9-10-23-28(6)14-12-24(32)27(4,5)35-25(28)13-16-30(23,8)34/h19-21,23,25,33-34H,1,9-17H2,2-8H3/t19-,20+,21+,23+,25?,28+,29+,30-/m0/s1. The van der Waals surface area contributed by atoms with Gasteiger partial charge in [-0.1, -0.05) is 27.4 Å². The molecule has 8 atom stereocenters. The van der Waals surface area contributed by atoms with E-state index in [-0.39, 0.29) is 52.2 Å². The van der Waals surface area contributed by atoms with Crippen molar-refractivity contribution in [2.45, 2.75) is 129 Å². The topological polar surface area (TPSA) is 83.8 Å². The van der Waals surface area contributed by atoms with E-state index < -0.39 is 16.8 Å². The van der Waals surface area contributed by atoms with Crippen molar-refractivity contribution in [2.75, 3.05) is 0 Å². The van der Waals surface area contributed by atoms with Crippen molar-refractivity contribution in [3.05, 3.63) is 12.2 Å². The Morgan fingerprint density at radius 1 is 0.886 bits per heavy atom. The highest BCUT2D eigenvalue weighted by molar-refractivity contribution is 5.96. The molecule has 3 saturated carbocycles. The largest absolute Gasteiger partial charge is 0.390 e. The minimum absolute atomic E-state index is 0.00319. The molecule has 1 heterocycles. The molecular weight excluding hydrogens is 440 g/mol. The van der Waals surface area contributed by atoms with Crippen molar-refractivity contribution in [3.63, 3.8) is 0 Å². The van der Waals surface area contributed by atoms with E-state index in [1.165, 1.54) is 0 Å². The van der Waals surface area contributed by atoms with Gasteiger partial charge in [-0.25, -0.2) is 0 Å². The fourth-order valence-corrected chi connectivity index (χ4v) is 8.77. The van der Waals surface area contributed by atoms with E-state index in [0.717, 1.165) is 32.1 Å². The number of rotatable bonds is 3. The highest BCUT2D eigenvalue weighted by Gasteiger charge is 2.58. The summed E-state index contributed by atoms with van der Waals surface area (Å²) in [6.07, 6.45) is 6.05. The van der Waals surface area contributed by atoms with E-state index >= 15 is 0 Å². The second-order valence-electron chi connectivity index (χ2n) is 14.2. The van der Waals surface area contributed by atoms with Gasteiger partial charge >= 0.3 is 0 Å². The minimum atomic E-state index is -0.855. The van der Waals surface area contributed by atoms with Gasteiger partial charge in [0.05, 0.1) is 17.3 Å². The smallest absolute Gasteiger partial charge is 0.164 e. The van der Waals surface area contributed by atoms with Crippen LogP contribution in [0.3, 0.4) is 0 Å². The summed E-state index contributed by atoms with van der Waals surface area (Å²) >= 11 is 0. The number of fused-ring (bicyclic) bond motifs is 2. The molecule has 0 radical (unpaired) electrons. The van der Waals surface area contributed by atoms with Crippen LogP contribution in [0.15, 0.2) is 12.2 Å². The number of hydrogen-bond donors (Lipinski definition) is 2. The monoisotopic (exact) mass is 488 g/mol. The van der Waals surface area contributed by atoms with Crippen LogP contribution < -0.4 is 0 Å². The fourth-order valence-electron chi connectivity index (χ4n) is 8.77. The molecule has 4 rings (SSSR count). The minimum Gasteiger partial charge on any atom is -0.390 e. The SMILES string of the molecule is C=C1C(=O)C[C@@H]2[C@@H](CC[C@@]2(C)O)C(C)(C)[C@H]1CC[C@H]1[C@@](C)(O)CCC2OC(C)(C)C(=O)CC[C@@]21C. The molecule has 4 aliphatic rings. The number of carbonyl (C=O) groups excluding carboxylic acids is 2. The third kappa shape index (κ3) is 4.38. The average molecular weight is 489 g/mol. The number of allylic oxidation sites excluding steroid dienone is 1. The summed E-state index contributed by atoms with van der Waals surface area (Å²) in [5, 5.41) is 22.7. The van der Waals surface area contributed by atoms with Gasteiger partial charge < -0.3 is 14.9 Å². The molecule has 5 heteroatoms. The van der Waals surface area contributed by atoms with Gasteiger partial charge in [0.25, 0.3) is 0 Å². The van der Waals surface area contributed by atoms with Crippen LogP contribution in [0.2, 0.25) is 0 Å². The molecule has 198 valence electrons. The lowest BCUT2D eigenvalue weighted by molar-refractivity contribution is -0.196. The first kappa shape index (κ1) is 27.0. The van der Waals surface area contributed by atoms with Crippen LogP contribution in [0, 0.1) is 34.5 Å². The van der Waals surface area contributed by atoms with E-state index in [9.17, 15) is 19.8 Å². The first-order chi connectivity index (χ1) is 15.9. The molecule has 0 aromatic carbocycles. The Hall–Kier alpha value is -1.04. The summed E-state index contributed by atoms with van der Waals surface area (Å²) in [7, 11) is 0. The van der Waals surface area contributed by atoms with Crippen molar-refractivity contribution >= 4 is 11.6 Å². The first-order valence-corrected chi connectivity index (χ1v) is 13.8. The third-order valence-corrected chi connectivity index (χ3v) is 11.2. The number of ether oxygens (including phenoxy) is 1. The second-order valence-corrected chi connectivity index (χ2v) is 14.2. The quantitative estimate of drug-likeness (QED) is 0.519. The summed E-state index contributed by atoms with van der Waals surface area (Å²) in [5.74, 6) is 0.413. The summed E-state index contributed by atoms with van der Waals surface area (Å²) < 4.78 is 6.45. The number of hydrogen-bond acceptors (Lipinski definition) is 5. The molecule has 5 nitrogen and oxygen atoms in total. The Labute approximate surface area is 212 Å². The van der Waals surface area contributed by atoms with Crippen molar-refractivity contribution in [1.29, 1.82) is 0 Å². The van der Waals surface area contributed by atoms with Crippen LogP contribution in [0.5, 0.6) is 0 Å². The molecule has 1 saturated heterocycles. The number of aliphatic hydroxyl groups is 2. The summed E-state index contributed by atoms with van der Waals surface area (Å²) in [6.45, 7) is 18.6. The van der Waals surface area contributed by atoms with E-state index in [1.807, 2.05) is 27.7 Å². The van der Waals surface area contributed by atoms with Crippen LogP contribution in [-0.4, -0.2) is 44.7 Å². The fraction of sp³-hybridized carbons (Fsp3) is 0.867. The molecule has 4 fully saturated rings. The van der Waals surface area contributed by atoms with Gasteiger partial charge in [-0.3, -0.25) is 9.59 Å². The van der Waals surface area contributed by atoms with E-state index in [4.69, 9.17) is 4.74 Å². The molecule has 1 unspecified atom stereocenters. The predicted molar refractivity (Wildman–Crippen MR) is 137 cm³/mol. The highest BCUT2D eigenvalue weighted by Crippen LogP contribution is 2.59. The predicted octanol–water partition coefficient (Wildman–Crippen LogP) is 5.41. The Bertz CT molecular complexity index is 896. The van der Waals surface area contributed by atoms with E-state index in [0.29, 0.717) is 31.3 Å². The van der Waals surface area contributed by atoms with Crippen molar-refractivity contribution in [1.82, 2.24) is 0 Å². The maximum atomic E-state index is 13.2. The Kier molecular flexibility index (Phi) is 6.55. The zero-order valence-electron chi connectivity index (χ0n) is 23.1. The van der Waals surface area contributed by atoms with Gasteiger partial charge in [-0.2, -0.15) is 0 Å². The maximum absolute atomic E-state index is 13.2. The van der Waals surface area contributed by atoms with Crippen LogP contribution in [0.1, 0.15) is 106 Å². The molecule has 0 aromatic rings. The molecule has 0 amide bonds. The van der Waals surface area contributed by atoms with E-state index in [1.54, 1.807) is 0 Å². The Morgan fingerprint density at radius 3 is 2.17 bits per heavy atom. The Morgan fingerprint density at radius 2 is 1.51 bits per heavy atom. The zero-order valence-corrected chi connectivity index (χ0v) is 23.1. The van der Waals surface area contributed by atoms with Crippen LogP contribution in [0.4, 0.5) is 0 Å². The van der Waals surface area contributed by atoms with Crippen molar-refractivity contribution in [3.8, 4) is 0 Å².